The fraction of sp³-hybridized carbons (Fsp3) is 0.167. The topological polar surface area (TPSA) is 43.6 Å². The van der Waals surface area contributed by atoms with Crippen molar-refractivity contribution in [1.82, 2.24) is 9.61 Å². The first-order valence-corrected chi connectivity index (χ1v) is 9.51. The molecule has 0 unspecified atom stereocenters. The number of aryl methyl sites for hydroxylation is 3. The van der Waals surface area contributed by atoms with Crippen molar-refractivity contribution in [3.05, 3.63) is 95.1 Å². The second kappa shape index (κ2) is 7.87. The van der Waals surface area contributed by atoms with E-state index in [2.05, 4.69) is 5.10 Å². The highest BCUT2D eigenvalue weighted by molar-refractivity contribution is 6.03. The molecule has 0 amide bonds. The number of ketones is 1. The minimum Gasteiger partial charge on any atom is -0.457 e. The summed E-state index contributed by atoms with van der Waals surface area (Å²) in [6.45, 7) is 3.88. The van der Waals surface area contributed by atoms with Crippen molar-refractivity contribution in [1.29, 1.82) is 0 Å². The van der Waals surface area contributed by atoms with Crippen molar-refractivity contribution < 1.29 is 13.9 Å². The average molecular weight is 388 g/mol. The number of fused-ring (bicyclic) bond motifs is 1. The van der Waals surface area contributed by atoms with Crippen LogP contribution in [0.2, 0.25) is 0 Å². The smallest absolute Gasteiger partial charge is 0.167 e. The Morgan fingerprint density at radius 2 is 1.66 bits per heavy atom. The predicted octanol–water partition coefficient (Wildman–Crippen LogP) is 5.70. The van der Waals surface area contributed by atoms with Gasteiger partial charge in [0, 0.05) is 12.6 Å². The number of rotatable bonds is 6. The number of carbonyl (C=O) groups excluding carboxylic acids is 1. The Hall–Kier alpha value is -3.47. The monoisotopic (exact) mass is 388 g/mol. The van der Waals surface area contributed by atoms with Crippen molar-refractivity contribution in [2.45, 2.75) is 26.7 Å². The normalized spacial score (nSPS) is 11.0. The minimum absolute atomic E-state index is 0.0924. The molecule has 0 bridgehead atoms. The molecule has 0 aliphatic carbocycles. The molecule has 0 atom stereocenters. The number of ether oxygens (including phenoxy) is 1. The highest BCUT2D eigenvalue weighted by Crippen LogP contribution is 2.23. The Morgan fingerprint density at radius 1 is 1.00 bits per heavy atom. The second-order valence-electron chi connectivity index (χ2n) is 7.12. The maximum absolute atomic E-state index is 13.0. The van der Waals surface area contributed by atoms with E-state index < -0.39 is 0 Å². The number of Topliss-reactive ketones (excluding diaryl/α,β-unsaturated/α-hetero) is 1. The molecule has 4 aromatic rings. The minimum atomic E-state index is -0.297. The van der Waals surface area contributed by atoms with Crippen LogP contribution in [0.1, 0.15) is 33.6 Å². The molecule has 0 N–H and O–H groups in total. The number of aromatic nitrogens is 2. The van der Waals surface area contributed by atoms with Crippen LogP contribution in [0.3, 0.4) is 0 Å². The van der Waals surface area contributed by atoms with E-state index in [-0.39, 0.29) is 11.6 Å². The zero-order valence-electron chi connectivity index (χ0n) is 16.4. The molecule has 0 fully saturated rings. The number of nitrogens with zero attached hydrogens (tertiary/aromatic N) is 2. The summed E-state index contributed by atoms with van der Waals surface area (Å²) in [4.78, 5) is 12.9. The van der Waals surface area contributed by atoms with E-state index in [4.69, 9.17) is 4.74 Å². The maximum atomic E-state index is 13.0. The van der Waals surface area contributed by atoms with Gasteiger partial charge >= 0.3 is 0 Å². The van der Waals surface area contributed by atoms with Gasteiger partial charge in [-0.15, -0.1) is 0 Å². The van der Waals surface area contributed by atoms with Crippen molar-refractivity contribution >= 4 is 11.3 Å². The third kappa shape index (κ3) is 4.19. The highest BCUT2D eigenvalue weighted by Gasteiger charge is 2.17. The van der Waals surface area contributed by atoms with Gasteiger partial charge in [-0.1, -0.05) is 12.1 Å². The van der Waals surface area contributed by atoms with Crippen molar-refractivity contribution in [3.8, 4) is 11.5 Å². The molecule has 0 saturated heterocycles. The van der Waals surface area contributed by atoms with Gasteiger partial charge in [-0.3, -0.25) is 4.79 Å². The Labute approximate surface area is 168 Å². The summed E-state index contributed by atoms with van der Waals surface area (Å²) < 4.78 is 20.4. The summed E-state index contributed by atoms with van der Waals surface area (Å²) in [7, 11) is 0. The van der Waals surface area contributed by atoms with Crippen LogP contribution in [0.5, 0.6) is 11.5 Å². The zero-order chi connectivity index (χ0) is 20.4. The zero-order valence-corrected chi connectivity index (χ0v) is 16.4. The molecule has 0 spiro atoms. The van der Waals surface area contributed by atoms with Gasteiger partial charge in [-0.05, 0) is 79.9 Å². The molecule has 2 aromatic heterocycles. The van der Waals surface area contributed by atoms with Gasteiger partial charge in [0.25, 0.3) is 0 Å². The quantitative estimate of drug-likeness (QED) is 0.398. The Balaban J connectivity index is 1.43. The molecule has 5 heteroatoms. The van der Waals surface area contributed by atoms with Gasteiger partial charge in [0.1, 0.15) is 17.3 Å². The van der Waals surface area contributed by atoms with Crippen LogP contribution in [-0.4, -0.2) is 15.4 Å². The van der Waals surface area contributed by atoms with Crippen LogP contribution >= 0.6 is 0 Å². The number of benzene rings is 2. The number of hydrogen-bond acceptors (Lipinski definition) is 3. The molecule has 2 heterocycles. The summed E-state index contributed by atoms with van der Waals surface area (Å²) in [5.74, 6) is 1.04. The lowest BCUT2D eigenvalue weighted by Crippen LogP contribution is -2.03. The molecule has 0 aliphatic rings. The summed E-state index contributed by atoms with van der Waals surface area (Å²) >= 11 is 0. The van der Waals surface area contributed by atoms with Gasteiger partial charge < -0.3 is 4.74 Å². The van der Waals surface area contributed by atoms with Crippen molar-refractivity contribution in [3.63, 3.8) is 0 Å². The summed E-state index contributed by atoms with van der Waals surface area (Å²) in [5.41, 5.74) is 4.46. The molecule has 0 aliphatic heterocycles. The standard InChI is InChI=1S/C24H21FN2O2/c1-16-13-14-27-22(15-16)24(17(2)26-27)23(28)12-5-18-3-8-20(9-4-18)29-21-10-6-19(25)7-11-21/h3-4,6-11,13-15H,5,12H2,1-2H3. The number of halogens is 1. The molecule has 4 rings (SSSR count). The molecular formula is C24H21FN2O2. The van der Waals surface area contributed by atoms with E-state index >= 15 is 0 Å². The lowest BCUT2D eigenvalue weighted by molar-refractivity contribution is 0.0984. The molecular weight excluding hydrogens is 367 g/mol. The first kappa shape index (κ1) is 18.9. The van der Waals surface area contributed by atoms with Crippen LogP contribution in [-0.2, 0) is 6.42 Å². The van der Waals surface area contributed by atoms with Gasteiger partial charge in [0.15, 0.2) is 5.78 Å². The second-order valence-corrected chi connectivity index (χ2v) is 7.12. The largest absolute Gasteiger partial charge is 0.457 e. The average Bonchev–Trinajstić information content (AvgIpc) is 3.04. The molecule has 29 heavy (non-hydrogen) atoms. The van der Waals surface area contributed by atoms with Gasteiger partial charge in [-0.2, -0.15) is 5.10 Å². The lowest BCUT2D eigenvalue weighted by atomic mass is 10.0. The van der Waals surface area contributed by atoms with Gasteiger partial charge in [0.2, 0.25) is 0 Å². The molecule has 0 radical (unpaired) electrons. The Kier molecular flexibility index (Phi) is 5.12. The van der Waals surface area contributed by atoms with Crippen molar-refractivity contribution in [2.75, 3.05) is 0 Å². The van der Waals surface area contributed by atoms with Crippen LogP contribution < -0.4 is 4.74 Å². The number of pyridine rings is 1. The number of hydrogen-bond donors (Lipinski definition) is 0. The fourth-order valence-electron chi connectivity index (χ4n) is 3.36. The SMILES string of the molecule is Cc1ccn2nc(C)c(C(=O)CCc3ccc(Oc4ccc(F)cc4)cc3)c2c1. The first-order chi connectivity index (χ1) is 14.0. The molecule has 146 valence electrons. The maximum Gasteiger partial charge on any atom is 0.167 e. The van der Waals surface area contributed by atoms with E-state index in [0.717, 1.165) is 22.3 Å². The van der Waals surface area contributed by atoms with Gasteiger partial charge in [-0.25, -0.2) is 8.91 Å². The molecule has 2 aromatic carbocycles. The van der Waals surface area contributed by atoms with E-state index in [0.29, 0.717) is 29.9 Å². The fourth-order valence-corrected chi connectivity index (χ4v) is 3.36. The Morgan fingerprint density at radius 3 is 2.34 bits per heavy atom. The van der Waals surface area contributed by atoms with Gasteiger partial charge in [0.05, 0.1) is 16.8 Å². The van der Waals surface area contributed by atoms with Crippen LogP contribution in [0, 0.1) is 19.7 Å². The highest BCUT2D eigenvalue weighted by atomic mass is 19.1. The van der Waals surface area contributed by atoms with E-state index in [1.165, 1.54) is 12.1 Å². The lowest BCUT2D eigenvalue weighted by Gasteiger charge is -2.07. The van der Waals surface area contributed by atoms with E-state index in [1.807, 2.05) is 56.4 Å². The number of carbonyl (C=O) groups is 1. The van der Waals surface area contributed by atoms with Crippen molar-refractivity contribution in [2.24, 2.45) is 0 Å². The van der Waals surface area contributed by atoms with Crippen LogP contribution in [0.25, 0.3) is 5.52 Å². The Bertz CT molecular complexity index is 1160. The van der Waals surface area contributed by atoms with E-state index in [1.54, 1.807) is 16.6 Å². The first-order valence-electron chi connectivity index (χ1n) is 9.51. The molecule has 0 saturated carbocycles. The van der Waals surface area contributed by atoms with Crippen LogP contribution in [0.15, 0.2) is 66.9 Å². The van der Waals surface area contributed by atoms with E-state index in [9.17, 15) is 9.18 Å². The summed E-state index contributed by atoms with van der Waals surface area (Å²) in [5, 5.41) is 4.44. The third-order valence-electron chi connectivity index (χ3n) is 4.86. The van der Waals surface area contributed by atoms with Crippen LogP contribution in [0.4, 0.5) is 4.39 Å². The summed E-state index contributed by atoms with van der Waals surface area (Å²) in [6, 6.07) is 17.5. The third-order valence-corrected chi connectivity index (χ3v) is 4.86. The summed E-state index contributed by atoms with van der Waals surface area (Å²) in [6.07, 6.45) is 2.93. The molecule has 4 nitrogen and oxygen atoms in total. The predicted molar refractivity (Wildman–Crippen MR) is 110 cm³/mol.